The third-order valence-electron chi connectivity index (χ3n) is 3.14. The molecule has 0 saturated heterocycles. The minimum absolute atomic E-state index is 0.130. The Hall–Kier alpha value is -1.73. The summed E-state index contributed by atoms with van der Waals surface area (Å²) in [7, 11) is 1.41. The molecule has 0 unspecified atom stereocenters. The van der Waals surface area contributed by atoms with Gasteiger partial charge in [0, 0.05) is 12.6 Å². The number of halogens is 3. The van der Waals surface area contributed by atoms with Crippen LogP contribution in [0.3, 0.4) is 0 Å². The molecule has 21 heavy (non-hydrogen) atoms. The van der Waals surface area contributed by atoms with E-state index < -0.39 is 12.7 Å². The van der Waals surface area contributed by atoms with Crippen LogP contribution in [0.25, 0.3) is 0 Å². The zero-order chi connectivity index (χ0) is 15.5. The normalized spacial score (nSPS) is 14.9. The SMILES string of the molecule is CCCNc1ncnc(N(CC(F)(F)F)C2CC2)c1OC. The van der Waals surface area contributed by atoms with Crippen LogP contribution in [0.5, 0.6) is 5.75 Å². The molecule has 1 N–H and O–H groups in total. The van der Waals surface area contributed by atoms with Gasteiger partial charge >= 0.3 is 6.18 Å². The van der Waals surface area contributed by atoms with Crippen molar-refractivity contribution in [3.63, 3.8) is 0 Å². The second kappa shape index (κ2) is 6.36. The van der Waals surface area contributed by atoms with E-state index in [1.54, 1.807) is 0 Å². The van der Waals surface area contributed by atoms with Crippen molar-refractivity contribution < 1.29 is 17.9 Å². The van der Waals surface area contributed by atoms with Crippen LogP contribution in [0.1, 0.15) is 26.2 Å². The largest absolute Gasteiger partial charge is 0.490 e. The highest BCUT2D eigenvalue weighted by Crippen LogP contribution is 2.39. The topological polar surface area (TPSA) is 50.3 Å². The van der Waals surface area contributed by atoms with E-state index in [2.05, 4.69) is 15.3 Å². The lowest BCUT2D eigenvalue weighted by molar-refractivity contribution is -0.120. The van der Waals surface area contributed by atoms with Gasteiger partial charge in [0.2, 0.25) is 5.75 Å². The van der Waals surface area contributed by atoms with Crippen LogP contribution in [-0.2, 0) is 0 Å². The van der Waals surface area contributed by atoms with Gasteiger partial charge in [-0.3, -0.25) is 0 Å². The fraction of sp³-hybridized carbons (Fsp3) is 0.692. The van der Waals surface area contributed by atoms with Crippen LogP contribution < -0.4 is 15.0 Å². The van der Waals surface area contributed by atoms with Gasteiger partial charge < -0.3 is 15.0 Å². The van der Waals surface area contributed by atoms with E-state index in [0.717, 1.165) is 19.3 Å². The Labute approximate surface area is 121 Å². The third kappa shape index (κ3) is 4.12. The number of aromatic nitrogens is 2. The van der Waals surface area contributed by atoms with E-state index in [0.29, 0.717) is 12.4 Å². The molecule has 0 aromatic carbocycles. The minimum Gasteiger partial charge on any atom is -0.490 e. The van der Waals surface area contributed by atoms with Crippen LogP contribution >= 0.6 is 0 Å². The standard InChI is InChI=1S/C13H19F3N4O/c1-3-6-17-11-10(21-2)12(19-8-18-11)20(9-4-5-9)7-13(14,15)16/h8-9H,3-7H2,1-2H3,(H,17,18,19). The maximum atomic E-state index is 12.8. The molecule has 0 bridgehead atoms. The van der Waals surface area contributed by atoms with Gasteiger partial charge in [-0.1, -0.05) is 6.92 Å². The molecule has 2 rings (SSSR count). The highest BCUT2D eigenvalue weighted by molar-refractivity contribution is 5.65. The van der Waals surface area contributed by atoms with Crippen LogP contribution in [0.2, 0.25) is 0 Å². The molecule has 1 aliphatic carbocycles. The average molecular weight is 304 g/mol. The number of alkyl halides is 3. The van der Waals surface area contributed by atoms with Gasteiger partial charge in [-0.25, -0.2) is 9.97 Å². The van der Waals surface area contributed by atoms with Crippen molar-refractivity contribution in [2.24, 2.45) is 0 Å². The number of anilines is 2. The molecule has 8 heteroatoms. The Morgan fingerprint density at radius 1 is 1.38 bits per heavy atom. The molecule has 1 heterocycles. The lowest BCUT2D eigenvalue weighted by atomic mass is 10.3. The fourth-order valence-electron chi connectivity index (χ4n) is 2.08. The zero-order valence-corrected chi connectivity index (χ0v) is 12.1. The Kier molecular flexibility index (Phi) is 4.74. The maximum absolute atomic E-state index is 12.8. The number of hydrogen-bond acceptors (Lipinski definition) is 5. The number of methoxy groups -OCH3 is 1. The number of rotatable bonds is 7. The van der Waals surface area contributed by atoms with Crippen LogP contribution in [0.4, 0.5) is 24.8 Å². The molecule has 0 atom stereocenters. The molecule has 0 aliphatic heterocycles. The number of nitrogens with zero attached hydrogens (tertiary/aromatic N) is 3. The van der Waals surface area contributed by atoms with Crippen molar-refractivity contribution in [3.8, 4) is 5.75 Å². The first-order valence-corrected chi connectivity index (χ1v) is 6.92. The summed E-state index contributed by atoms with van der Waals surface area (Å²) in [6.45, 7) is 1.62. The quantitative estimate of drug-likeness (QED) is 0.839. The molecule has 1 aromatic heterocycles. The van der Waals surface area contributed by atoms with E-state index in [1.165, 1.54) is 18.3 Å². The average Bonchev–Trinajstić information content (AvgIpc) is 3.25. The second-order valence-electron chi connectivity index (χ2n) is 4.98. The van der Waals surface area contributed by atoms with Gasteiger partial charge in [0.1, 0.15) is 12.9 Å². The summed E-state index contributed by atoms with van der Waals surface area (Å²) in [6.07, 6.45) is -0.670. The minimum atomic E-state index is -4.28. The summed E-state index contributed by atoms with van der Waals surface area (Å²) in [5.74, 6) is 0.894. The first kappa shape index (κ1) is 15.7. The van der Waals surface area contributed by atoms with Crippen molar-refractivity contribution in [1.82, 2.24) is 9.97 Å². The monoisotopic (exact) mass is 304 g/mol. The first-order chi connectivity index (χ1) is 9.96. The molecule has 118 valence electrons. The molecule has 1 fully saturated rings. The zero-order valence-electron chi connectivity index (χ0n) is 12.1. The Balaban J connectivity index is 2.30. The summed E-state index contributed by atoms with van der Waals surface area (Å²) < 4.78 is 43.6. The molecule has 0 radical (unpaired) electrons. The van der Waals surface area contributed by atoms with Crippen LogP contribution in [-0.4, -0.2) is 42.4 Å². The molecule has 0 spiro atoms. The van der Waals surface area contributed by atoms with Crippen molar-refractivity contribution in [1.29, 1.82) is 0 Å². The molecule has 1 aliphatic rings. The van der Waals surface area contributed by atoms with E-state index >= 15 is 0 Å². The molecule has 5 nitrogen and oxygen atoms in total. The Morgan fingerprint density at radius 2 is 2.10 bits per heavy atom. The summed E-state index contributed by atoms with van der Waals surface area (Å²) in [5.41, 5.74) is 0. The predicted molar refractivity (Wildman–Crippen MR) is 73.8 cm³/mol. The Morgan fingerprint density at radius 3 is 2.62 bits per heavy atom. The van der Waals surface area contributed by atoms with Crippen molar-refractivity contribution >= 4 is 11.6 Å². The second-order valence-corrected chi connectivity index (χ2v) is 4.98. The van der Waals surface area contributed by atoms with Crippen LogP contribution in [0.15, 0.2) is 6.33 Å². The van der Waals surface area contributed by atoms with Gasteiger partial charge in [-0.05, 0) is 19.3 Å². The van der Waals surface area contributed by atoms with Crippen molar-refractivity contribution in [2.45, 2.75) is 38.4 Å². The van der Waals surface area contributed by atoms with Crippen LogP contribution in [0, 0.1) is 0 Å². The summed E-state index contributed by atoms with van der Waals surface area (Å²) in [5, 5.41) is 3.05. The summed E-state index contributed by atoms with van der Waals surface area (Å²) in [6, 6.07) is -0.130. The van der Waals surface area contributed by atoms with Gasteiger partial charge in [-0.2, -0.15) is 13.2 Å². The number of nitrogens with one attached hydrogen (secondary N) is 1. The van der Waals surface area contributed by atoms with E-state index in [9.17, 15) is 13.2 Å². The lowest BCUT2D eigenvalue weighted by Gasteiger charge is -2.26. The highest BCUT2D eigenvalue weighted by atomic mass is 19.4. The number of ether oxygens (including phenoxy) is 1. The third-order valence-corrected chi connectivity index (χ3v) is 3.14. The lowest BCUT2D eigenvalue weighted by Crippen LogP contribution is -2.37. The summed E-state index contributed by atoms with van der Waals surface area (Å²) in [4.78, 5) is 9.33. The van der Waals surface area contributed by atoms with Gasteiger partial charge in [0.25, 0.3) is 0 Å². The van der Waals surface area contributed by atoms with Crippen molar-refractivity contribution in [3.05, 3.63) is 6.33 Å². The Bertz CT molecular complexity index is 477. The first-order valence-electron chi connectivity index (χ1n) is 6.92. The molecule has 1 saturated carbocycles. The summed E-state index contributed by atoms with van der Waals surface area (Å²) >= 11 is 0. The predicted octanol–water partition coefficient (Wildman–Crippen LogP) is 2.84. The van der Waals surface area contributed by atoms with Gasteiger partial charge in [0.15, 0.2) is 11.6 Å². The van der Waals surface area contributed by atoms with Gasteiger partial charge in [0.05, 0.1) is 7.11 Å². The fourth-order valence-corrected chi connectivity index (χ4v) is 2.08. The van der Waals surface area contributed by atoms with E-state index in [-0.39, 0.29) is 17.6 Å². The highest BCUT2D eigenvalue weighted by Gasteiger charge is 2.40. The molecule has 0 amide bonds. The molecular weight excluding hydrogens is 285 g/mol. The molecule has 1 aromatic rings. The van der Waals surface area contributed by atoms with E-state index in [4.69, 9.17) is 4.74 Å². The van der Waals surface area contributed by atoms with E-state index in [1.807, 2.05) is 6.92 Å². The number of hydrogen-bond donors (Lipinski definition) is 1. The van der Waals surface area contributed by atoms with Crippen molar-refractivity contribution in [2.75, 3.05) is 30.4 Å². The maximum Gasteiger partial charge on any atom is 0.405 e. The van der Waals surface area contributed by atoms with Gasteiger partial charge in [-0.15, -0.1) is 0 Å². The molecular formula is C13H19F3N4O. The smallest absolute Gasteiger partial charge is 0.405 e.